The lowest BCUT2D eigenvalue weighted by Gasteiger charge is -2.37. The summed E-state index contributed by atoms with van der Waals surface area (Å²) in [6, 6.07) is 8.74. The summed E-state index contributed by atoms with van der Waals surface area (Å²) < 4.78 is 0. The highest BCUT2D eigenvalue weighted by molar-refractivity contribution is 5.86. The standard InChI is InChI=1S/C17H21N3O3/c21-16-15(8-4-7-14-11-18-9-10-19(14)16)20(17(22)23)12-13-5-2-1-3-6-13/h1-7,14-15,18H,8-12H2,(H,22,23)/t14?,15-/m0/s1. The molecule has 0 radical (unpaired) electrons. The third-order valence-electron chi connectivity index (χ3n) is 4.39. The van der Waals surface area contributed by atoms with Crippen molar-refractivity contribution in [3.8, 4) is 0 Å². The van der Waals surface area contributed by atoms with Crippen LogP contribution in [0, 0.1) is 0 Å². The Kier molecular flexibility index (Phi) is 4.62. The first kappa shape index (κ1) is 15.6. The Morgan fingerprint density at radius 1 is 1.35 bits per heavy atom. The zero-order valence-corrected chi connectivity index (χ0v) is 12.9. The Bertz CT molecular complexity index is 602. The fraction of sp³-hybridized carbons (Fsp3) is 0.412. The summed E-state index contributed by atoms with van der Waals surface area (Å²) >= 11 is 0. The number of rotatable bonds is 3. The molecule has 122 valence electrons. The lowest BCUT2D eigenvalue weighted by Crippen LogP contribution is -2.57. The van der Waals surface area contributed by atoms with Gasteiger partial charge in [0.05, 0.1) is 6.04 Å². The van der Waals surface area contributed by atoms with E-state index in [4.69, 9.17) is 0 Å². The van der Waals surface area contributed by atoms with Gasteiger partial charge in [0.15, 0.2) is 0 Å². The van der Waals surface area contributed by atoms with Gasteiger partial charge in [-0.15, -0.1) is 0 Å². The van der Waals surface area contributed by atoms with E-state index in [1.807, 2.05) is 42.5 Å². The largest absolute Gasteiger partial charge is 0.465 e. The molecule has 1 aromatic carbocycles. The quantitative estimate of drug-likeness (QED) is 0.825. The van der Waals surface area contributed by atoms with E-state index in [-0.39, 0.29) is 18.5 Å². The Balaban J connectivity index is 1.82. The number of hydrogen-bond acceptors (Lipinski definition) is 3. The SMILES string of the molecule is O=C1[C@@H](N(Cc2ccccc2)C(=O)O)CC=CC2CNCCN12. The first-order valence-electron chi connectivity index (χ1n) is 7.88. The summed E-state index contributed by atoms with van der Waals surface area (Å²) in [6.45, 7) is 2.30. The smallest absolute Gasteiger partial charge is 0.408 e. The minimum Gasteiger partial charge on any atom is -0.465 e. The zero-order chi connectivity index (χ0) is 16.2. The summed E-state index contributed by atoms with van der Waals surface area (Å²) in [7, 11) is 0. The monoisotopic (exact) mass is 315 g/mol. The molecule has 2 atom stereocenters. The number of carbonyl (C=O) groups is 2. The molecular formula is C17H21N3O3. The zero-order valence-electron chi connectivity index (χ0n) is 12.9. The number of hydrogen-bond donors (Lipinski definition) is 2. The molecule has 1 fully saturated rings. The summed E-state index contributed by atoms with van der Waals surface area (Å²) in [6.07, 6.45) is 3.30. The minimum absolute atomic E-state index is 0.0219. The molecule has 0 spiro atoms. The minimum atomic E-state index is -1.06. The van der Waals surface area contributed by atoms with Gasteiger partial charge in [-0.3, -0.25) is 9.69 Å². The van der Waals surface area contributed by atoms with Crippen LogP contribution < -0.4 is 5.32 Å². The summed E-state index contributed by atoms with van der Waals surface area (Å²) in [5.41, 5.74) is 0.882. The fourth-order valence-corrected chi connectivity index (χ4v) is 3.18. The molecule has 3 rings (SSSR count). The number of carbonyl (C=O) groups excluding carboxylic acids is 1. The molecule has 0 aliphatic carbocycles. The summed E-state index contributed by atoms with van der Waals surface area (Å²) in [5, 5.41) is 12.9. The lowest BCUT2D eigenvalue weighted by atomic mass is 10.1. The maximum absolute atomic E-state index is 12.9. The molecule has 1 unspecified atom stereocenters. The first-order chi connectivity index (χ1) is 11.2. The molecule has 2 aliphatic rings. The topological polar surface area (TPSA) is 72.9 Å². The highest BCUT2D eigenvalue weighted by Crippen LogP contribution is 2.20. The number of carboxylic acid groups (broad SMARTS) is 1. The van der Waals surface area contributed by atoms with Gasteiger partial charge in [0.25, 0.3) is 0 Å². The van der Waals surface area contributed by atoms with Gasteiger partial charge in [0, 0.05) is 26.2 Å². The molecule has 0 aromatic heterocycles. The second kappa shape index (κ2) is 6.83. The van der Waals surface area contributed by atoms with Crippen LogP contribution in [0.15, 0.2) is 42.5 Å². The van der Waals surface area contributed by atoms with Crippen LogP contribution in [0.2, 0.25) is 0 Å². The van der Waals surface area contributed by atoms with E-state index in [0.717, 1.165) is 18.7 Å². The van der Waals surface area contributed by atoms with Crippen molar-refractivity contribution in [1.82, 2.24) is 15.1 Å². The molecule has 2 aliphatic heterocycles. The Morgan fingerprint density at radius 2 is 2.13 bits per heavy atom. The van der Waals surface area contributed by atoms with Crippen molar-refractivity contribution in [2.45, 2.75) is 25.0 Å². The van der Waals surface area contributed by atoms with E-state index in [9.17, 15) is 14.7 Å². The van der Waals surface area contributed by atoms with Gasteiger partial charge in [-0.2, -0.15) is 0 Å². The third kappa shape index (κ3) is 3.37. The van der Waals surface area contributed by atoms with E-state index < -0.39 is 12.1 Å². The number of amides is 2. The third-order valence-corrected chi connectivity index (χ3v) is 4.39. The van der Waals surface area contributed by atoms with E-state index in [1.165, 1.54) is 4.90 Å². The van der Waals surface area contributed by atoms with Gasteiger partial charge in [-0.1, -0.05) is 42.5 Å². The van der Waals surface area contributed by atoms with Crippen molar-refractivity contribution < 1.29 is 14.7 Å². The highest BCUT2D eigenvalue weighted by atomic mass is 16.4. The molecule has 0 bridgehead atoms. The van der Waals surface area contributed by atoms with E-state index >= 15 is 0 Å². The maximum atomic E-state index is 12.9. The molecule has 1 aromatic rings. The number of nitrogens with one attached hydrogen (secondary N) is 1. The summed E-state index contributed by atoms with van der Waals surface area (Å²) in [4.78, 5) is 27.7. The van der Waals surface area contributed by atoms with Crippen molar-refractivity contribution in [3.63, 3.8) is 0 Å². The normalized spacial score (nSPS) is 24.0. The van der Waals surface area contributed by atoms with E-state index in [1.54, 1.807) is 4.90 Å². The van der Waals surface area contributed by atoms with Crippen LogP contribution in [0.1, 0.15) is 12.0 Å². The lowest BCUT2D eigenvalue weighted by molar-refractivity contribution is -0.138. The van der Waals surface area contributed by atoms with Gasteiger partial charge in [0.2, 0.25) is 5.91 Å². The van der Waals surface area contributed by atoms with E-state index in [0.29, 0.717) is 13.0 Å². The Morgan fingerprint density at radius 3 is 2.87 bits per heavy atom. The Labute approximate surface area is 135 Å². The second-order valence-corrected chi connectivity index (χ2v) is 5.88. The van der Waals surface area contributed by atoms with Crippen LogP contribution in [-0.2, 0) is 11.3 Å². The number of piperazine rings is 1. The number of benzene rings is 1. The van der Waals surface area contributed by atoms with Crippen molar-refractivity contribution >= 4 is 12.0 Å². The Hall–Kier alpha value is -2.34. The molecule has 2 heterocycles. The van der Waals surface area contributed by atoms with Crippen molar-refractivity contribution in [2.24, 2.45) is 0 Å². The van der Waals surface area contributed by atoms with Crippen molar-refractivity contribution in [3.05, 3.63) is 48.0 Å². The van der Waals surface area contributed by atoms with Gasteiger partial charge in [-0.05, 0) is 12.0 Å². The molecule has 6 nitrogen and oxygen atoms in total. The molecule has 2 amide bonds. The molecule has 6 heteroatoms. The predicted octanol–water partition coefficient (Wildman–Crippen LogP) is 1.30. The van der Waals surface area contributed by atoms with E-state index in [2.05, 4.69) is 5.32 Å². The van der Waals surface area contributed by atoms with Crippen LogP contribution in [-0.4, -0.2) is 58.6 Å². The average molecular weight is 315 g/mol. The molecule has 2 N–H and O–H groups in total. The van der Waals surface area contributed by atoms with Crippen LogP contribution in [0.3, 0.4) is 0 Å². The van der Waals surface area contributed by atoms with Gasteiger partial charge >= 0.3 is 6.09 Å². The number of fused-ring (bicyclic) bond motifs is 1. The predicted molar refractivity (Wildman–Crippen MR) is 85.9 cm³/mol. The van der Waals surface area contributed by atoms with Gasteiger partial charge in [-0.25, -0.2) is 4.79 Å². The summed E-state index contributed by atoms with van der Waals surface area (Å²) in [5.74, 6) is -0.0974. The van der Waals surface area contributed by atoms with Gasteiger partial charge in [0.1, 0.15) is 6.04 Å². The second-order valence-electron chi connectivity index (χ2n) is 5.88. The van der Waals surface area contributed by atoms with Gasteiger partial charge < -0.3 is 15.3 Å². The van der Waals surface area contributed by atoms with Crippen molar-refractivity contribution in [2.75, 3.05) is 19.6 Å². The molecular weight excluding hydrogens is 294 g/mol. The molecule has 23 heavy (non-hydrogen) atoms. The number of nitrogens with zero attached hydrogens (tertiary/aromatic N) is 2. The average Bonchev–Trinajstić information content (AvgIpc) is 2.73. The van der Waals surface area contributed by atoms with Crippen LogP contribution in [0.25, 0.3) is 0 Å². The fourth-order valence-electron chi connectivity index (χ4n) is 3.18. The highest BCUT2D eigenvalue weighted by Gasteiger charge is 2.37. The first-order valence-corrected chi connectivity index (χ1v) is 7.88. The van der Waals surface area contributed by atoms with Crippen LogP contribution in [0.5, 0.6) is 0 Å². The molecule has 1 saturated heterocycles. The van der Waals surface area contributed by atoms with Crippen molar-refractivity contribution in [1.29, 1.82) is 0 Å². The maximum Gasteiger partial charge on any atom is 0.408 e. The van der Waals surface area contributed by atoms with Crippen LogP contribution in [0.4, 0.5) is 4.79 Å². The van der Waals surface area contributed by atoms with Crippen LogP contribution >= 0.6 is 0 Å². The molecule has 0 saturated carbocycles.